The van der Waals surface area contributed by atoms with Gasteiger partial charge in [-0.15, -0.1) is 0 Å². The van der Waals surface area contributed by atoms with Gasteiger partial charge in [-0.2, -0.15) is 0 Å². The lowest BCUT2D eigenvalue weighted by atomic mass is 9.72. The molecule has 1 saturated heterocycles. The van der Waals surface area contributed by atoms with Crippen LogP contribution in [0.4, 0.5) is 0 Å². The lowest BCUT2D eigenvalue weighted by molar-refractivity contribution is -0.148. The Morgan fingerprint density at radius 2 is 2.17 bits per heavy atom. The van der Waals surface area contributed by atoms with Gasteiger partial charge in [0.25, 0.3) is 0 Å². The summed E-state index contributed by atoms with van der Waals surface area (Å²) >= 11 is 0. The van der Waals surface area contributed by atoms with E-state index in [0.717, 1.165) is 19.3 Å². The maximum absolute atomic E-state index is 12.2. The second-order valence-electron chi connectivity index (χ2n) is 6.85. The molecule has 1 spiro atoms. The van der Waals surface area contributed by atoms with Crippen molar-refractivity contribution in [2.75, 3.05) is 13.7 Å². The van der Waals surface area contributed by atoms with Gasteiger partial charge < -0.3 is 9.47 Å². The summed E-state index contributed by atoms with van der Waals surface area (Å²) in [5.41, 5.74) is -0.226. The number of esters is 2. The van der Waals surface area contributed by atoms with Crippen molar-refractivity contribution in [1.29, 1.82) is 0 Å². The molecule has 0 aromatic rings. The van der Waals surface area contributed by atoms with E-state index in [4.69, 9.17) is 9.47 Å². The van der Waals surface area contributed by atoms with Gasteiger partial charge in [0.05, 0.1) is 25.0 Å². The summed E-state index contributed by atoms with van der Waals surface area (Å²) in [5.74, 6) is -0.0808. The summed E-state index contributed by atoms with van der Waals surface area (Å²) in [7, 11) is 1.42. The van der Waals surface area contributed by atoms with Crippen LogP contribution in [-0.4, -0.2) is 25.7 Å². The minimum atomic E-state index is -0.400. The van der Waals surface area contributed by atoms with E-state index in [1.54, 1.807) is 0 Å². The highest BCUT2D eigenvalue weighted by Gasteiger charge is 2.70. The fraction of sp³-hybridized carbons (Fsp3) is 0.857. The van der Waals surface area contributed by atoms with Crippen molar-refractivity contribution in [3.05, 3.63) is 0 Å². The molecule has 4 atom stereocenters. The first-order chi connectivity index (χ1) is 8.40. The molecule has 2 aliphatic carbocycles. The van der Waals surface area contributed by atoms with Crippen molar-refractivity contribution in [2.24, 2.45) is 28.6 Å². The number of hydrogen-bond acceptors (Lipinski definition) is 4. The summed E-state index contributed by atoms with van der Waals surface area (Å²) in [6.07, 6.45) is 2.64. The van der Waals surface area contributed by atoms with Crippen molar-refractivity contribution in [1.82, 2.24) is 0 Å². The Labute approximate surface area is 107 Å². The third-order valence-electron chi connectivity index (χ3n) is 5.26. The smallest absolute Gasteiger partial charge is 0.312 e. The van der Waals surface area contributed by atoms with Gasteiger partial charge in [-0.1, -0.05) is 13.8 Å². The molecule has 3 rings (SSSR count). The maximum Gasteiger partial charge on any atom is 0.312 e. The molecule has 4 heteroatoms. The Morgan fingerprint density at radius 1 is 1.44 bits per heavy atom. The Bertz CT molecular complexity index is 414. The molecular weight excluding hydrogens is 232 g/mol. The Morgan fingerprint density at radius 3 is 2.83 bits per heavy atom. The van der Waals surface area contributed by atoms with Crippen molar-refractivity contribution in [2.45, 2.75) is 33.1 Å². The average Bonchev–Trinajstić information content (AvgIpc) is 2.84. The second kappa shape index (κ2) is 3.49. The largest absolute Gasteiger partial charge is 0.469 e. The SMILES string of the molecule is COC(=O)[C@@H]1C[C@@H]2CC(C)(C)C[C@@]23C(=O)OC[C@@H]13. The van der Waals surface area contributed by atoms with Gasteiger partial charge in [-0.25, -0.2) is 0 Å². The van der Waals surface area contributed by atoms with Gasteiger partial charge in [0, 0.05) is 5.92 Å². The fourth-order valence-electron chi connectivity index (χ4n) is 4.78. The number of carbonyl (C=O) groups excluding carboxylic acids is 2. The molecule has 2 saturated carbocycles. The molecule has 0 N–H and O–H groups in total. The Hall–Kier alpha value is -1.06. The third kappa shape index (κ3) is 1.32. The molecule has 0 bridgehead atoms. The number of carbonyl (C=O) groups is 2. The Balaban J connectivity index is 1.98. The van der Waals surface area contributed by atoms with E-state index in [-0.39, 0.29) is 35.1 Å². The molecule has 4 nitrogen and oxygen atoms in total. The summed E-state index contributed by atoms with van der Waals surface area (Å²) in [6, 6.07) is 0. The lowest BCUT2D eigenvalue weighted by Gasteiger charge is -2.27. The Kier molecular flexibility index (Phi) is 2.32. The summed E-state index contributed by atoms with van der Waals surface area (Å²) in [6.45, 7) is 4.80. The van der Waals surface area contributed by atoms with Gasteiger partial charge in [0.2, 0.25) is 0 Å². The van der Waals surface area contributed by atoms with Crippen LogP contribution in [0.1, 0.15) is 33.1 Å². The molecule has 3 fully saturated rings. The zero-order valence-electron chi connectivity index (χ0n) is 11.2. The van der Waals surface area contributed by atoms with E-state index in [1.807, 2.05) is 0 Å². The third-order valence-corrected chi connectivity index (χ3v) is 5.26. The normalized spacial score (nSPS) is 44.4. The van der Waals surface area contributed by atoms with Crippen LogP contribution < -0.4 is 0 Å². The van der Waals surface area contributed by atoms with E-state index in [1.165, 1.54) is 7.11 Å². The molecule has 18 heavy (non-hydrogen) atoms. The van der Waals surface area contributed by atoms with E-state index in [0.29, 0.717) is 6.61 Å². The van der Waals surface area contributed by atoms with E-state index in [9.17, 15) is 9.59 Å². The van der Waals surface area contributed by atoms with Gasteiger partial charge in [-0.05, 0) is 30.6 Å². The topological polar surface area (TPSA) is 52.6 Å². The summed E-state index contributed by atoms with van der Waals surface area (Å²) in [5, 5.41) is 0. The van der Waals surface area contributed by atoms with E-state index < -0.39 is 5.41 Å². The monoisotopic (exact) mass is 252 g/mol. The molecule has 0 aromatic carbocycles. The van der Waals surface area contributed by atoms with Crippen LogP contribution in [0.2, 0.25) is 0 Å². The van der Waals surface area contributed by atoms with Crippen molar-refractivity contribution >= 4 is 11.9 Å². The molecule has 1 aliphatic heterocycles. The van der Waals surface area contributed by atoms with Gasteiger partial charge in [0.1, 0.15) is 0 Å². The van der Waals surface area contributed by atoms with Crippen LogP contribution >= 0.6 is 0 Å². The molecular formula is C14H20O4. The number of hydrogen-bond donors (Lipinski definition) is 0. The van der Waals surface area contributed by atoms with Gasteiger partial charge in [-0.3, -0.25) is 9.59 Å². The van der Waals surface area contributed by atoms with Crippen LogP contribution in [0.15, 0.2) is 0 Å². The maximum atomic E-state index is 12.2. The van der Waals surface area contributed by atoms with Gasteiger partial charge in [0.15, 0.2) is 0 Å². The van der Waals surface area contributed by atoms with Crippen LogP contribution in [0.3, 0.4) is 0 Å². The number of ether oxygens (including phenoxy) is 2. The first-order valence-corrected chi connectivity index (χ1v) is 6.66. The predicted molar refractivity (Wildman–Crippen MR) is 63.5 cm³/mol. The van der Waals surface area contributed by atoms with Crippen LogP contribution in [0, 0.1) is 28.6 Å². The molecule has 0 unspecified atom stereocenters. The first kappa shape index (κ1) is 12.0. The highest BCUT2D eigenvalue weighted by atomic mass is 16.5. The van der Waals surface area contributed by atoms with Crippen LogP contribution in [0.25, 0.3) is 0 Å². The predicted octanol–water partition coefficient (Wildman–Crippen LogP) is 1.77. The highest BCUT2D eigenvalue weighted by Crippen LogP contribution is 2.67. The molecule has 3 aliphatic rings. The summed E-state index contributed by atoms with van der Waals surface area (Å²) < 4.78 is 10.2. The molecule has 0 aromatic heterocycles. The lowest BCUT2D eigenvalue weighted by Crippen LogP contribution is -2.35. The first-order valence-electron chi connectivity index (χ1n) is 6.66. The molecule has 100 valence electrons. The van der Waals surface area contributed by atoms with Crippen LogP contribution in [0.5, 0.6) is 0 Å². The number of rotatable bonds is 1. The van der Waals surface area contributed by atoms with Crippen molar-refractivity contribution < 1.29 is 19.1 Å². The second-order valence-corrected chi connectivity index (χ2v) is 6.85. The number of cyclic esters (lactones) is 1. The highest BCUT2D eigenvalue weighted by molar-refractivity contribution is 5.84. The van der Waals surface area contributed by atoms with Gasteiger partial charge >= 0.3 is 11.9 Å². The van der Waals surface area contributed by atoms with Crippen LogP contribution in [-0.2, 0) is 19.1 Å². The number of methoxy groups -OCH3 is 1. The quantitative estimate of drug-likeness (QED) is 0.667. The fourth-order valence-corrected chi connectivity index (χ4v) is 4.78. The zero-order chi connectivity index (χ0) is 13.1. The minimum absolute atomic E-state index is 0.0317. The van der Waals surface area contributed by atoms with E-state index in [2.05, 4.69) is 13.8 Å². The molecule has 1 heterocycles. The van der Waals surface area contributed by atoms with E-state index >= 15 is 0 Å². The van der Waals surface area contributed by atoms with Crippen molar-refractivity contribution in [3.8, 4) is 0 Å². The molecule has 0 amide bonds. The minimum Gasteiger partial charge on any atom is -0.469 e. The zero-order valence-corrected chi connectivity index (χ0v) is 11.2. The standard InChI is InChI=1S/C14H20O4/c1-13(2)5-8-4-9(11(15)17-3)10-6-18-12(16)14(8,10)7-13/h8-10H,4-7H2,1-3H3/t8-,9-,10+,14-/m1/s1. The van der Waals surface area contributed by atoms with Crippen molar-refractivity contribution in [3.63, 3.8) is 0 Å². The average molecular weight is 252 g/mol. The molecule has 0 radical (unpaired) electrons. The summed E-state index contributed by atoms with van der Waals surface area (Å²) in [4.78, 5) is 24.1.